The van der Waals surface area contributed by atoms with E-state index in [1.807, 2.05) is 12.1 Å². The van der Waals surface area contributed by atoms with Crippen molar-refractivity contribution < 1.29 is 23.9 Å². The third-order valence-corrected chi connectivity index (χ3v) is 7.70. The zero-order valence-electron chi connectivity index (χ0n) is 21.4. The summed E-state index contributed by atoms with van der Waals surface area (Å²) < 4.78 is 10.7. The number of amides is 1. The summed E-state index contributed by atoms with van der Waals surface area (Å²) >= 11 is 1.39. The lowest BCUT2D eigenvalue weighted by Gasteiger charge is -2.18. The Kier molecular flexibility index (Phi) is 7.24. The van der Waals surface area contributed by atoms with Crippen LogP contribution in [0.4, 0.5) is 5.00 Å². The summed E-state index contributed by atoms with van der Waals surface area (Å²) in [6.07, 6.45) is 4.89. The molecule has 0 aliphatic heterocycles. The van der Waals surface area contributed by atoms with Crippen LogP contribution in [0.2, 0.25) is 0 Å². The number of nitrogens with zero attached hydrogens (tertiary/aromatic N) is 2. The number of hydrogen-bond donors (Lipinski definition) is 2. The number of rotatable bonds is 7. The number of hydrogen-bond acceptors (Lipinski definition) is 8. The Balaban J connectivity index is 1.30. The lowest BCUT2D eigenvalue weighted by molar-refractivity contribution is -0.123. The van der Waals surface area contributed by atoms with Crippen molar-refractivity contribution >= 4 is 45.2 Å². The Labute approximate surface area is 223 Å². The molecule has 10 heteroatoms. The molecule has 5 rings (SSSR count). The predicted molar refractivity (Wildman–Crippen MR) is 144 cm³/mol. The van der Waals surface area contributed by atoms with Gasteiger partial charge in [0.2, 0.25) is 0 Å². The van der Waals surface area contributed by atoms with Gasteiger partial charge in [0.25, 0.3) is 5.91 Å². The van der Waals surface area contributed by atoms with Crippen LogP contribution >= 0.6 is 11.3 Å². The maximum atomic E-state index is 13.0. The van der Waals surface area contributed by atoms with Crippen LogP contribution in [0.25, 0.3) is 22.4 Å². The van der Waals surface area contributed by atoms with Gasteiger partial charge in [-0.3, -0.25) is 9.78 Å². The summed E-state index contributed by atoms with van der Waals surface area (Å²) in [6, 6.07) is 8.67. The van der Waals surface area contributed by atoms with Crippen molar-refractivity contribution in [3.8, 4) is 11.4 Å². The fraction of sp³-hybridized carbons (Fsp3) is 0.321. The molecule has 4 aromatic rings. The normalized spacial score (nSPS) is 15.5. The summed E-state index contributed by atoms with van der Waals surface area (Å²) in [7, 11) is 0. The molecule has 9 nitrogen and oxygen atoms in total. The quantitative estimate of drug-likeness (QED) is 0.315. The van der Waals surface area contributed by atoms with E-state index in [9.17, 15) is 14.4 Å². The number of thiophene rings is 1. The van der Waals surface area contributed by atoms with Crippen LogP contribution < -0.4 is 5.32 Å². The van der Waals surface area contributed by atoms with Crippen LogP contribution in [0.5, 0.6) is 0 Å². The van der Waals surface area contributed by atoms with Crippen molar-refractivity contribution in [2.24, 2.45) is 5.92 Å². The van der Waals surface area contributed by atoms with E-state index in [2.05, 4.69) is 27.2 Å². The van der Waals surface area contributed by atoms with Crippen molar-refractivity contribution in [2.75, 3.05) is 11.9 Å². The molecule has 0 spiro atoms. The van der Waals surface area contributed by atoms with E-state index in [1.165, 1.54) is 18.3 Å². The minimum Gasteiger partial charge on any atom is -0.462 e. The average Bonchev–Trinajstić information content (AvgIpc) is 3.49. The summed E-state index contributed by atoms with van der Waals surface area (Å²) in [6.45, 7) is 5.67. The number of nitrogens with one attached hydrogen (secondary N) is 2. The number of carbonyl (C=O) groups excluding carboxylic acids is 3. The first kappa shape index (κ1) is 25.6. The van der Waals surface area contributed by atoms with Crippen molar-refractivity contribution in [3.63, 3.8) is 0 Å². The Morgan fingerprint density at radius 1 is 1.24 bits per heavy atom. The van der Waals surface area contributed by atoms with Gasteiger partial charge in [0.05, 0.1) is 28.8 Å². The zero-order chi connectivity index (χ0) is 26.8. The predicted octanol–water partition coefficient (Wildman–Crippen LogP) is 5.17. The summed E-state index contributed by atoms with van der Waals surface area (Å²) in [4.78, 5) is 51.5. The molecular weight excluding hydrogens is 504 g/mol. The van der Waals surface area contributed by atoms with Crippen molar-refractivity contribution in [2.45, 2.75) is 46.1 Å². The molecule has 2 unspecified atom stereocenters. The molecule has 38 heavy (non-hydrogen) atoms. The molecule has 1 aliphatic carbocycles. The SMILES string of the molecule is CCOC(=O)c1c(NC(=O)C(C)OC(=O)c2ccc3nc(-c4cccnc4)[nH]c3c2)sc2c1CCC(C)C2. The van der Waals surface area contributed by atoms with Crippen LogP contribution in [0, 0.1) is 5.92 Å². The highest BCUT2D eigenvalue weighted by molar-refractivity contribution is 7.17. The van der Waals surface area contributed by atoms with E-state index in [0.717, 1.165) is 35.3 Å². The number of esters is 2. The molecule has 0 saturated heterocycles. The molecule has 3 aromatic heterocycles. The Morgan fingerprint density at radius 3 is 2.84 bits per heavy atom. The first-order valence-electron chi connectivity index (χ1n) is 12.6. The molecular formula is C28H28N4O5S. The molecule has 196 valence electrons. The van der Waals surface area contributed by atoms with Gasteiger partial charge in [0.15, 0.2) is 6.10 Å². The third-order valence-electron chi connectivity index (χ3n) is 6.53. The van der Waals surface area contributed by atoms with Gasteiger partial charge in [-0.2, -0.15) is 0 Å². The third kappa shape index (κ3) is 5.17. The second-order valence-electron chi connectivity index (χ2n) is 9.37. The van der Waals surface area contributed by atoms with Crippen LogP contribution in [0.3, 0.4) is 0 Å². The van der Waals surface area contributed by atoms with Gasteiger partial charge in [0.1, 0.15) is 10.8 Å². The van der Waals surface area contributed by atoms with Gasteiger partial charge in [-0.15, -0.1) is 11.3 Å². The molecule has 2 atom stereocenters. The minimum atomic E-state index is -1.08. The first-order chi connectivity index (χ1) is 18.3. The lowest BCUT2D eigenvalue weighted by atomic mass is 9.88. The molecule has 1 amide bonds. The summed E-state index contributed by atoms with van der Waals surface area (Å²) in [5, 5.41) is 3.25. The van der Waals surface area contributed by atoms with Crippen LogP contribution in [0.15, 0.2) is 42.7 Å². The lowest BCUT2D eigenvalue weighted by Crippen LogP contribution is -2.30. The smallest absolute Gasteiger partial charge is 0.341 e. The highest BCUT2D eigenvalue weighted by Crippen LogP contribution is 2.40. The molecule has 2 N–H and O–H groups in total. The molecule has 1 aliphatic rings. The van der Waals surface area contributed by atoms with Crippen molar-refractivity contribution in [1.29, 1.82) is 0 Å². The fourth-order valence-electron chi connectivity index (χ4n) is 4.53. The Morgan fingerprint density at radius 2 is 2.08 bits per heavy atom. The number of H-pyrrole nitrogens is 1. The van der Waals surface area contributed by atoms with Crippen LogP contribution in [-0.4, -0.2) is 45.5 Å². The van der Waals surface area contributed by atoms with Gasteiger partial charge in [-0.25, -0.2) is 14.6 Å². The number of imidazole rings is 1. The number of pyridine rings is 1. The highest BCUT2D eigenvalue weighted by atomic mass is 32.1. The van der Waals surface area contributed by atoms with E-state index in [-0.39, 0.29) is 12.2 Å². The molecule has 3 heterocycles. The van der Waals surface area contributed by atoms with Gasteiger partial charge in [0, 0.05) is 22.8 Å². The minimum absolute atomic E-state index is 0.242. The number of anilines is 1. The highest BCUT2D eigenvalue weighted by Gasteiger charge is 2.30. The van der Waals surface area contributed by atoms with E-state index >= 15 is 0 Å². The standard InChI is InChI=1S/C28H28N4O5S/c1-4-36-28(35)23-19-9-7-15(2)12-22(19)38-26(23)32-25(33)16(3)37-27(34)17-8-10-20-21(13-17)31-24(30-20)18-6-5-11-29-14-18/h5-6,8,10-11,13-16H,4,7,9,12H2,1-3H3,(H,30,31)(H,32,33). The monoisotopic (exact) mass is 532 g/mol. The Bertz CT molecular complexity index is 1510. The first-order valence-corrected chi connectivity index (χ1v) is 13.4. The summed E-state index contributed by atoms with van der Waals surface area (Å²) in [5.41, 5.74) is 3.82. The van der Waals surface area contributed by atoms with E-state index in [0.29, 0.717) is 33.3 Å². The van der Waals surface area contributed by atoms with E-state index < -0.39 is 23.9 Å². The fourth-order valence-corrected chi connectivity index (χ4v) is 5.93. The maximum Gasteiger partial charge on any atom is 0.341 e. The van der Waals surface area contributed by atoms with Crippen molar-refractivity contribution in [3.05, 3.63) is 64.3 Å². The molecule has 0 radical (unpaired) electrons. The number of benzene rings is 1. The number of ether oxygens (including phenoxy) is 2. The molecule has 0 fully saturated rings. The number of fused-ring (bicyclic) bond motifs is 2. The largest absolute Gasteiger partial charge is 0.462 e. The van der Waals surface area contributed by atoms with Gasteiger partial charge < -0.3 is 19.8 Å². The number of aromatic nitrogens is 3. The van der Waals surface area contributed by atoms with E-state index in [1.54, 1.807) is 37.5 Å². The molecule has 0 bridgehead atoms. The number of carbonyl (C=O) groups is 3. The van der Waals surface area contributed by atoms with Gasteiger partial charge >= 0.3 is 11.9 Å². The average molecular weight is 533 g/mol. The maximum absolute atomic E-state index is 13.0. The Hall–Kier alpha value is -4.05. The molecule has 0 saturated carbocycles. The molecule has 1 aromatic carbocycles. The summed E-state index contributed by atoms with van der Waals surface area (Å²) in [5.74, 6) is -0.462. The van der Waals surface area contributed by atoms with Crippen LogP contribution in [0.1, 0.15) is 58.3 Å². The zero-order valence-corrected chi connectivity index (χ0v) is 22.2. The van der Waals surface area contributed by atoms with E-state index in [4.69, 9.17) is 9.47 Å². The topological polar surface area (TPSA) is 123 Å². The van der Waals surface area contributed by atoms with Gasteiger partial charge in [-0.1, -0.05) is 6.92 Å². The second kappa shape index (κ2) is 10.7. The van der Waals surface area contributed by atoms with Gasteiger partial charge in [-0.05, 0) is 74.9 Å². The second-order valence-corrected chi connectivity index (χ2v) is 10.5. The number of aromatic amines is 1. The van der Waals surface area contributed by atoms with Crippen LogP contribution in [-0.2, 0) is 27.1 Å². The van der Waals surface area contributed by atoms with Crippen molar-refractivity contribution in [1.82, 2.24) is 15.0 Å².